The van der Waals surface area contributed by atoms with E-state index in [1.807, 2.05) is 68.4 Å². The van der Waals surface area contributed by atoms with E-state index >= 15 is 0 Å². The van der Waals surface area contributed by atoms with Crippen LogP contribution < -0.4 is 4.74 Å². The molecule has 0 radical (unpaired) electrons. The third kappa shape index (κ3) is 6.22. The lowest BCUT2D eigenvalue weighted by Gasteiger charge is -2.25. The number of hydrogen-bond acceptors (Lipinski definition) is 6. The summed E-state index contributed by atoms with van der Waals surface area (Å²) in [6.45, 7) is 4.70. The largest absolute Gasteiger partial charge is 0.489 e. The Balaban J connectivity index is 1.54. The zero-order chi connectivity index (χ0) is 25.5. The van der Waals surface area contributed by atoms with E-state index in [1.54, 1.807) is 18.2 Å². The Kier molecular flexibility index (Phi) is 8.57. The molecule has 0 spiro atoms. The van der Waals surface area contributed by atoms with E-state index in [0.29, 0.717) is 33.6 Å². The van der Waals surface area contributed by atoms with Crippen molar-refractivity contribution >= 4 is 46.3 Å². The van der Waals surface area contributed by atoms with Gasteiger partial charge in [-0.05, 0) is 48.2 Å². The van der Waals surface area contributed by atoms with Crippen LogP contribution in [-0.4, -0.2) is 27.7 Å². The third-order valence-corrected chi connectivity index (χ3v) is 6.88. The number of thiocarbonyl (C=S) groups is 1. The molecule has 3 aromatic rings. The average molecular weight is 518 g/mol. The molecule has 5 nitrogen and oxygen atoms in total. The number of amides is 1. The second kappa shape index (κ2) is 12.0. The Labute approximate surface area is 221 Å². The maximum absolute atomic E-state index is 13.4. The second-order valence-corrected chi connectivity index (χ2v) is 10.1. The molecule has 1 aliphatic rings. The molecule has 1 atom stereocenters. The standard InChI is InChI=1S/C29H27NO4S2/c1-3-16-33-28(32)26(23-9-5-4-6-10-23)30-27(31)25(36-29(30)35)18-22-8-7-11-24(17-22)34-19-21-14-12-20(2)13-15-21/h4-15,17-18,26H,3,16,19H2,1-2H3/b25-18+. The summed E-state index contributed by atoms with van der Waals surface area (Å²) in [4.78, 5) is 28.2. The first-order valence-corrected chi connectivity index (χ1v) is 13.0. The number of esters is 1. The highest BCUT2D eigenvalue weighted by molar-refractivity contribution is 8.26. The van der Waals surface area contributed by atoms with Crippen molar-refractivity contribution < 1.29 is 19.1 Å². The number of carbonyl (C=O) groups excluding carboxylic acids is 2. The SMILES string of the molecule is CCCOC(=O)C(c1ccccc1)N1C(=O)/C(=C\c2cccc(OCc3ccc(C)cc3)c2)SC1=S. The smallest absolute Gasteiger partial charge is 0.333 e. The molecule has 3 aromatic carbocycles. The summed E-state index contributed by atoms with van der Waals surface area (Å²) in [7, 11) is 0. The Bertz CT molecular complexity index is 1270. The van der Waals surface area contributed by atoms with Gasteiger partial charge in [-0.1, -0.05) is 103 Å². The summed E-state index contributed by atoms with van der Waals surface area (Å²) in [5, 5.41) is 0. The van der Waals surface area contributed by atoms with Crippen LogP contribution in [0.5, 0.6) is 5.75 Å². The summed E-state index contributed by atoms with van der Waals surface area (Å²) < 4.78 is 11.7. The van der Waals surface area contributed by atoms with E-state index in [-0.39, 0.29) is 12.5 Å². The van der Waals surface area contributed by atoms with Crippen molar-refractivity contribution in [3.63, 3.8) is 0 Å². The van der Waals surface area contributed by atoms with E-state index in [0.717, 1.165) is 11.1 Å². The molecular weight excluding hydrogens is 490 g/mol. The highest BCUT2D eigenvalue weighted by Gasteiger charge is 2.42. The fourth-order valence-electron chi connectivity index (χ4n) is 3.71. The first kappa shape index (κ1) is 25.7. The van der Waals surface area contributed by atoms with E-state index in [9.17, 15) is 9.59 Å². The molecule has 4 rings (SSSR count). The molecule has 1 aliphatic heterocycles. The molecule has 1 amide bonds. The number of nitrogens with zero attached hydrogens (tertiary/aromatic N) is 1. The van der Waals surface area contributed by atoms with Crippen LogP contribution in [0, 0.1) is 6.92 Å². The molecule has 0 aliphatic carbocycles. The summed E-state index contributed by atoms with van der Waals surface area (Å²) >= 11 is 6.72. The average Bonchev–Trinajstić information content (AvgIpc) is 3.16. The maximum atomic E-state index is 13.4. The topological polar surface area (TPSA) is 55.8 Å². The number of carbonyl (C=O) groups is 2. The highest BCUT2D eigenvalue weighted by Crippen LogP contribution is 2.39. The minimum absolute atomic E-state index is 0.280. The van der Waals surface area contributed by atoms with Crippen molar-refractivity contribution in [3.05, 3.63) is 106 Å². The monoisotopic (exact) mass is 517 g/mol. The summed E-state index contributed by atoms with van der Waals surface area (Å²) in [6.07, 6.45) is 2.46. The molecule has 1 saturated heterocycles. The predicted octanol–water partition coefficient (Wildman–Crippen LogP) is 6.47. The summed E-state index contributed by atoms with van der Waals surface area (Å²) in [5.74, 6) is -0.115. The number of ether oxygens (including phenoxy) is 2. The van der Waals surface area contributed by atoms with Crippen LogP contribution >= 0.6 is 24.0 Å². The van der Waals surface area contributed by atoms with Gasteiger partial charge in [-0.15, -0.1) is 0 Å². The minimum Gasteiger partial charge on any atom is -0.489 e. The van der Waals surface area contributed by atoms with Gasteiger partial charge in [0, 0.05) is 0 Å². The normalized spacial score (nSPS) is 15.3. The summed E-state index contributed by atoms with van der Waals surface area (Å²) in [6, 6.07) is 23.9. The number of hydrogen-bond donors (Lipinski definition) is 0. The Morgan fingerprint density at radius 3 is 2.53 bits per heavy atom. The zero-order valence-corrected chi connectivity index (χ0v) is 21.8. The van der Waals surface area contributed by atoms with Crippen LogP contribution in [-0.2, 0) is 20.9 Å². The van der Waals surface area contributed by atoms with Gasteiger partial charge in [0.1, 0.15) is 16.7 Å². The molecular formula is C29H27NO4S2. The van der Waals surface area contributed by atoms with E-state index < -0.39 is 12.0 Å². The van der Waals surface area contributed by atoms with Crippen molar-refractivity contribution in [3.8, 4) is 5.75 Å². The zero-order valence-electron chi connectivity index (χ0n) is 20.2. The molecule has 0 aromatic heterocycles. The van der Waals surface area contributed by atoms with Gasteiger partial charge in [-0.2, -0.15) is 0 Å². The van der Waals surface area contributed by atoms with Crippen LogP contribution in [0.1, 0.15) is 41.6 Å². The molecule has 7 heteroatoms. The molecule has 1 heterocycles. The van der Waals surface area contributed by atoms with Gasteiger partial charge in [0.05, 0.1) is 11.5 Å². The third-order valence-electron chi connectivity index (χ3n) is 5.55. The minimum atomic E-state index is -0.930. The molecule has 36 heavy (non-hydrogen) atoms. The van der Waals surface area contributed by atoms with Crippen molar-refractivity contribution in [1.82, 2.24) is 4.90 Å². The lowest BCUT2D eigenvalue weighted by atomic mass is 10.1. The number of rotatable bonds is 9. The van der Waals surface area contributed by atoms with E-state index in [4.69, 9.17) is 21.7 Å². The summed E-state index contributed by atoms with van der Waals surface area (Å²) in [5.41, 5.74) is 3.74. The molecule has 0 saturated carbocycles. The van der Waals surface area contributed by atoms with Gasteiger partial charge < -0.3 is 9.47 Å². The lowest BCUT2D eigenvalue weighted by Crippen LogP contribution is -2.38. The van der Waals surface area contributed by atoms with Crippen LogP contribution in [0.25, 0.3) is 6.08 Å². The van der Waals surface area contributed by atoms with Gasteiger partial charge in [0.25, 0.3) is 5.91 Å². The van der Waals surface area contributed by atoms with Gasteiger partial charge >= 0.3 is 5.97 Å². The Hall–Kier alpha value is -3.42. The Morgan fingerprint density at radius 2 is 1.81 bits per heavy atom. The maximum Gasteiger partial charge on any atom is 0.333 e. The molecule has 0 bridgehead atoms. The fourth-order valence-corrected chi connectivity index (χ4v) is 5.02. The quantitative estimate of drug-likeness (QED) is 0.184. The lowest BCUT2D eigenvalue weighted by molar-refractivity contribution is -0.151. The van der Waals surface area contributed by atoms with Gasteiger partial charge in [0.15, 0.2) is 6.04 Å². The first-order valence-electron chi connectivity index (χ1n) is 11.7. The van der Waals surface area contributed by atoms with Crippen molar-refractivity contribution in [2.75, 3.05) is 6.61 Å². The number of benzene rings is 3. The van der Waals surface area contributed by atoms with Gasteiger partial charge in [-0.3, -0.25) is 9.69 Å². The molecule has 1 fully saturated rings. The van der Waals surface area contributed by atoms with Crippen molar-refractivity contribution in [2.45, 2.75) is 32.9 Å². The fraction of sp³-hybridized carbons (Fsp3) is 0.207. The Morgan fingerprint density at radius 1 is 1.06 bits per heavy atom. The molecule has 0 N–H and O–H groups in total. The highest BCUT2D eigenvalue weighted by atomic mass is 32.2. The number of aryl methyl sites for hydroxylation is 1. The van der Waals surface area contributed by atoms with Crippen LogP contribution in [0.4, 0.5) is 0 Å². The van der Waals surface area contributed by atoms with Crippen molar-refractivity contribution in [1.29, 1.82) is 0 Å². The molecule has 184 valence electrons. The number of thioether (sulfide) groups is 1. The van der Waals surface area contributed by atoms with E-state index in [1.165, 1.54) is 22.2 Å². The van der Waals surface area contributed by atoms with Crippen molar-refractivity contribution in [2.24, 2.45) is 0 Å². The second-order valence-electron chi connectivity index (χ2n) is 8.38. The molecule has 1 unspecified atom stereocenters. The van der Waals surface area contributed by atoms with Gasteiger partial charge in [0.2, 0.25) is 0 Å². The predicted molar refractivity (Wildman–Crippen MR) is 147 cm³/mol. The van der Waals surface area contributed by atoms with Crippen LogP contribution in [0.15, 0.2) is 83.8 Å². The van der Waals surface area contributed by atoms with Crippen LogP contribution in [0.2, 0.25) is 0 Å². The van der Waals surface area contributed by atoms with E-state index in [2.05, 4.69) is 12.1 Å². The first-order chi connectivity index (χ1) is 17.5. The van der Waals surface area contributed by atoms with Crippen LogP contribution in [0.3, 0.4) is 0 Å². The van der Waals surface area contributed by atoms with Gasteiger partial charge in [-0.25, -0.2) is 4.79 Å².